The Morgan fingerprint density at radius 3 is 2.43 bits per heavy atom. The monoisotopic (exact) mass is 323 g/mol. The Labute approximate surface area is 119 Å². The van der Waals surface area contributed by atoms with Crippen molar-refractivity contribution >= 4 is 21.7 Å². The van der Waals surface area contributed by atoms with Crippen molar-refractivity contribution in [2.24, 2.45) is 5.92 Å². The van der Waals surface area contributed by atoms with Gasteiger partial charge in [-0.15, -0.1) is 0 Å². The van der Waals surface area contributed by atoms with Crippen LogP contribution >= 0.6 is 0 Å². The number of hydrogen-bond donors (Lipinski definition) is 1. The van der Waals surface area contributed by atoms with Crippen LogP contribution < -0.4 is 4.31 Å². The molecular formula is C12H12F3NO4S. The van der Waals surface area contributed by atoms with Gasteiger partial charge in [0.15, 0.2) is 0 Å². The lowest BCUT2D eigenvalue weighted by Gasteiger charge is -2.20. The topological polar surface area (TPSA) is 74.7 Å². The van der Waals surface area contributed by atoms with Crippen molar-refractivity contribution < 1.29 is 31.5 Å². The SMILES string of the molecule is CC1CN(c2ccc(C(F)(F)F)cc2C(=O)O)S(=O)(=O)C1. The molecule has 9 heteroatoms. The van der Waals surface area contributed by atoms with Crippen LogP contribution in [0.1, 0.15) is 22.8 Å². The highest BCUT2D eigenvalue weighted by Crippen LogP contribution is 2.35. The van der Waals surface area contributed by atoms with Gasteiger partial charge in [0, 0.05) is 6.54 Å². The average Bonchev–Trinajstić information content (AvgIpc) is 2.60. The number of benzene rings is 1. The molecule has 1 aromatic rings. The number of carbonyl (C=O) groups is 1. The van der Waals surface area contributed by atoms with E-state index in [1.165, 1.54) is 0 Å². The predicted octanol–water partition coefficient (Wildman–Crippen LogP) is 2.19. The summed E-state index contributed by atoms with van der Waals surface area (Å²) in [7, 11) is -3.70. The van der Waals surface area contributed by atoms with Crippen molar-refractivity contribution in [1.29, 1.82) is 0 Å². The summed E-state index contributed by atoms with van der Waals surface area (Å²) in [4.78, 5) is 11.2. The largest absolute Gasteiger partial charge is 0.478 e. The zero-order chi connectivity index (χ0) is 16.0. The molecule has 1 heterocycles. The highest BCUT2D eigenvalue weighted by molar-refractivity contribution is 7.93. The molecule has 1 fully saturated rings. The van der Waals surface area contributed by atoms with E-state index in [-0.39, 0.29) is 23.9 Å². The van der Waals surface area contributed by atoms with Crippen molar-refractivity contribution in [1.82, 2.24) is 0 Å². The highest BCUT2D eigenvalue weighted by Gasteiger charge is 2.37. The molecule has 0 bridgehead atoms. The molecule has 21 heavy (non-hydrogen) atoms. The first-order valence-electron chi connectivity index (χ1n) is 5.97. The fourth-order valence-electron chi connectivity index (χ4n) is 2.25. The molecule has 0 aromatic heterocycles. The van der Waals surface area contributed by atoms with Gasteiger partial charge in [-0.2, -0.15) is 13.2 Å². The number of rotatable bonds is 2. The molecule has 0 spiro atoms. The molecular weight excluding hydrogens is 311 g/mol. The molecule has 1 aromatic carbocycles. The van der Waals surface area contributed by atoms with E-state index < -0.39 is 33.3 Å². The summed E-state index contributed by atoms with van der Waals surface area (Å²) in [6.45, 7) is 1.72. The summed E-state index contributed by atoms with van der Waals surface area (Å²) >= 11 is 0. The second-order valence-corrected chi connectivity index (χ2v) is 6.89. The van der Waals surface area contributed by atoms with Crippen molar-refractivity contribution in [3.05, 3.63) is 29.3 Å². The maximum absolute atomic E-state index is 12.6. The van der Waals surface area contributed by atoms with Crippen LogP contribution in [0.3, 0.4) is 0 Å². The molecule has 2 rings (SSSR count). The molecule has 5 nitrogen and oxygen atoms in total. The molecule has 0 radical (unpaired) electrons. The van der Waals surface area contributed by atoms with E-state index in [2.05, 4.69) is 0 Å². The Balaban J connectivity index is 2.57. The van der Waals surface area contributed by atoms with Gasteiger partial charge in [0.1, 0.15) is 0 Å². The lowest BCUT2D eigenvalue weighted by atomic mass is 10.1. The number of carboxylic acids is 1. The van der Waals surface area contributed by atoms with Gasteiger partial charge in [-0.25, -0.2) is 13.2 Å². The van der Waals surface area contributed by atoms with Crippen LogP contribution in [-0.4, -0.2) is 31.8 Å². The number of alkyl halides is 3. The molecule has 1 N–H and O–H groups in total. The van der Waals surface area contributed by atoms with Gasteiger partial charge >= 0.3 is 12.1 Å². The first-order valence-corrected chi connectivity index (χ1v) is 7.58. The van der Waals surface area contributed by atoms with E-state index in [1.54, 1.807) is 6.92 Å². The van der Waals surface area contributed by atoms with E-state index in [0.29, 0.717) is 12.1 Å². The minimum Gasteiger partial charge on any atom is -0.478 e. The molecule has 1 aliphatic heterocycles. The van der Waals surface area contributed by atoms with Gasteiger partial charge in [-0.1, -0.05) is 6.92 Å². The molecule has 116 valence electrons. The third kappa shape index (κ3) is 2.97. The van der Waals surface area contributed by atoms with Crippen molar-refractivity contribution in [2.75, 3.05) is 16.6 Å². The van der Waals surface area contributed by atoms with Gasteiger partial charge in [-0.3, -0.25) is 4.31 Å². The molecule has 0 saturated carbocycles. The summed E-state index contributed by atoms with van der Waals surface area (Å²) in [6, 6.07) is 2.03. The van der Waals surface area contributed by atoms with Crippen molar-refractivity contribution in [2.45, 2.75) is 13.1 Å². The predicted molar refractivity (Wildman–Crippen MR) is 68.7 cm³/mol. The average molecular weight is 323 g/mol. The Kier molecular flexibility index (Phi) is 3.64. The van der Waals surface area contributed by atoms with E-state index >= 15 is 0 Å². The number of aromatic carboxylic acids is 1. The number of nitrogens with zero attached hydrogens (tertiary/aromatic N) is 1. The quantitative estimate of drug-likeness (QED) is 0.905. The van der Waals surface area contributed by atoms with E-state index in [4.69, 9.17) is 5.11 Å². The van der Waals surface area contributed by atoms with Crippen LogP contribution in [0.25, 0.3) is 0 Å². The fourth-order valence-corrected chi connectivity index (χ4v) is 4.19. The second kappa shape index (κ2) is 4.90. The number of halogens is 3. The summed E-state index contributed by atoms with van der Waals surface area (Å²) in [5.41, 5.74) is -2.05. The van der Waals surface area contributed by atoms with Gasteiger partial charge in [0.25, 0.3) is 0 Å². The normalized spacial score (nSPS) is 21.5. The molecule has 1 saturated heterocycles. The first kappa shape index (κ1) is 15.6. The third-order valence-corrected chi connectivity index (χ3v) is 5.14. The highest BCUT2D eigenvalue weighted by atomic mass is 32.2. The number of sulfonamides is 1. The maximum Gasteiger partial charge on any atom is 0.416 e. The van der Waals surface area contributed by atoms with Gasteiger partial charge < -0.3 is 5.11 Å². The molecule has 0 aliphatic carbocycles. The van der Waals surface area contributed by atoms with Crippen LogP contribution in [0.2, 0.25) is 0 Å². The molecule has 0 amide bonds. The summed E-state index contributed by atoms with van der Waals surface area (Å²) in [6.07, 6.45) is -4.69. The number of anilines is 1. The zero-order valence-corrected chi connectivity index (χ0v) is 11.7. The Hall–Kier alpha value is -1.77. The van der Waals surface area contributed by atoms with Crippen LogP contribution in [0.4, 0.5) is 18.9 Å². The Bertz CT molecular complexity index is 684. The fraction of sp³-hybridized carbons (Fsp3) is 0.417. The van der Waals surface area contributed by atoms with E-state index in [1.807, 2.05) is 0 Å². The van der Waals surface area contributed by atoms with Crippen molar-refractivity contribution in [3.63, 3.8) is 0 Å². The zero-order valence-electron chi connectivity index (χ0n) is 10.9. The van der Waals surface area contributed by atoms with Gasteiger partial charge in [-0.05, 0) is 24.1 Å². The summed E-state index contributed by atoms with van der Waals surface area (Å²) < 4.78 is 62.6. The lowest BCUT2D eigenvalue weighted by Crippen LogP contribution is -2.27. The molecule has 1 aliphatic rings. The minimum atomic E-state index is -4.69. The standard InChI is InChI=1S/C12H12F3NO4S/c1-7-5-16(21(19,20)6-7)10-3-2-8(12(13,14)15)4-9(10)11(17)18/h2-4,7H,5-6H2,1H3,(H,17,18). The van der Waals surface area contributed by atoms with Gasteiger partial charge in [0.05, 0.1) is 22.6 Å². The van der Waals surface area contributed by atoms with Crippen molar-refractivity contribution in [3.8, 4) is 0 Å². The van der Waals surface area contributed by atoms with E-state index in [0.717, 1.165) is 10.4 Å². The Morgan fingerprint density at radius 2 is 2.00 bits per heavy atom. The van der Waals surface area contributed by atoms with E-state index in [9.17, 15) is 26.4 Å². The number of carboxylic acid groups (broad SMARTS) is 1. The van der Waals surface area contributed by atoms with Crippen LogP contribution in [0, 0.1) is 5.92 Å². The second-order valence-electron chi connectivity index (χ2n) is 4.95. The Morgan fingerprint density at radius 1 is 1.38 bits per heavy atom. The van der Waals surface area contributed by atoms with Crippen LogP contribution in [0.15, 0.2) is 18.2 Å². The minimum absolute atomic E-state index is 0.0496. The lowest BCUT2D eigenvalue weighted by molar-refractivity contribution is -0.137. The number of hydrogen-bond acceptors (Lipinski definition) is 3. The van der Waals surface area contributed by atoms with Crippen LogP contribution in [-0.2, 0) is 16.2 Å². The smallest absolute Gasteiger partial charge is 0.416 e. The third-order valence-electron chi connectivity index (χ3n) is 3.13. The molecule has 1 atom stereocenters. The van der Waals surface area contributed by atoms with Crippen LogP contribution in [0.5, 0.6) is 0 Å². The molecule has 1 unspecified atom stereocenters. The summed E-state index contributed by atoms with van der Waals surface area (Å²) in [5.74, 6) is -1.99. The summed E-state index contributed by atoms with van der Waals surface area (Å²) in [5, 5.41) is 9.06. The first-order chi connectivity index (χ1) is 9.52. The maximum atomic E-state index is 12.6. The van der Waals surface area contributed by atoms with Gasteiger partial charge in [0.2, 0.25) is 10.0 Å².